The largest absolute Gasteiger partial charge is 0.393 e. The standard InChI is InChI=1S/C22H33NO4/c1-20-8-6-14(23-3)10-13(20)4-5-15-16-7-9-22(27,18(26)12-24)21(16,2)11-17(25)19(15)20/h10,15-17,19,24-25,27H,4-9,11-12H2,1-3H3/t15-,16-,17+,19+,20-,21-,22-/m0/s1. The molecule has 4 rings (SSSR count). The van der Waals surface area contributed by atoms with Crippen molar-refractivity contribution in [3.63, 3.8) is 0 Å². The van der Waals surface area contributed by atoms with Gasteiger partial charge in [-0.25, -0.2) is 0 Å². The molecule has 150 valence electrons. The lowest BCUT2D eigenvalue weighted by atomic mass is 9.45. The summed E-state index contributed by atoms with van der Waals surface area (Å²) >= 11 is 0. The van der Waals surface area contributed by atoms with Crippen LogP contribution in [0.5, 0.6) is 0 Å². The monoisotopic (exact) mass is 375 g/mol. The molecule has 0 aromatic heterocycles. The maximum absolute atomic E-state index is 12.4. The lowest BCUT2D eigenvalue weighted by Crippen LogP contribution is -2.62. The van der Waals surface area contributed by atoms with Crippen molar-refractivity contribution in [2.75, 3.05) is 13.7 Å². The van der Waals surface area contributed by atoms with E-state index >= 15 is 0 Å². The number of aliphatic hydroxyl groups excluding tert-OH is 2. The van der Waals surface area contributed by atoms with E-state index in [2.05, 4.69) is 18.0 Å². The Labute approximate surface area is 161 Å². The molecule has 0 amide bonds. The second-order valence-corrected chi connectivity index (χ2v) is 9.81. The van der Waals surface area contributed by atoms with E-state index in [1.165, 1.54) is 5.57 Å². The van der Waals surface area contributed by atoms with E-state index in [1.54, 1.807) is 0 Å². The molecule has 4 aliphatic carbocycles. The Bertz CT molecular complexity index is 715. The van der Waals surface area contributed by atoms with Gasteiger partial charge in [0.25, 0.3) is 0 Å². The van der Waals surface area contributed by atoms with Crippen LogP contribution >= 0.6 is 0 Å². The van der Waals surface area contributed by atoms with Crippen molar-refractivity contribution in [1.82, 2.24) is 0 Å². The van der Waals surface area contributed by atoms with Crippen LogP contribution < -0.4 is 0 Å². The van der Waals surface area contributed by atoms with Gasteiger partial charge in [0, 0.05) is 18.2 Å². The van der Waals surface area contributed by atoms with Gasteiger partial charge >= 0.3 is 0 Å². The predicted octanol–water partition coefficient (Wildman–Crippen LogP) is 2.28. The Morgan fingerprint density at radius 2 is 2.00 bits per heavy atom. The third-order valence-electron chi connectivity index (χ3n) is 8.96. The average Bonchev–Trinajstić information content (AvgIpc) is 2.91. The highest BCUT2D eigenvalue weighted by molar-refractivity contribution is 5.96. The molecule has 0 spiro atoms. The van der Waals surface area contributed by atoms with E-state index in [1.807, 2.05) is 14.0 Å². The Morgan fingerprint density at radius 3 is 2.67 bits per heavy atom. The van der Waals surface area contributed by atoms with E-state index in [-0.39, 0.29) is 17.3 Å². The minimum Gasteiger partial charge on any atom is -0.393 e. The fourth-order valence-corrected chi connectivity index (χ4v) is 7.47. The van der Waals surface area contributed by atoms with Crippen molar-refractivity contribution in [2.45, 2.75) is 70.5 Å². The van der Waals surface area contributed by atoms with E-state index in [4.69, 9.17) is 0 Å². The van der Waals surface area contributed by atoms with Crippen LogP contribution in [0.4, 0.5) is 0 Å². The molecule has 7 atom stereocenters. The molecule has 0 saturated heterocycles. The molecule has 4 aliphatic rings. The first-order chi connectivity index (χ1) is 12.7. The molecule has 0 aromatic rings. The van der Waals surface area contributed by atoms with Gasteiger partial charge in [0.2, 0.25) is 0 Å². The fourth-order valence-electron chi connectivity index (χ4n) is 7.47. The topological polar surface area (TPSA) is 90.1 Å². The number of allylic oxidation sites excluding steroid dienone is 2. The normalized spacial score (nSPS) is 50.6. The number of aliphatic hydroxyl groups is 3. The van der Waals surface area contributed by atoms with Crippen molar-refractivity contribution in [3.05, 3.63) is 11.6 Å². The molecular weight excluding hydrogens is 342 g/mol. The first-order valence-electron chi connectivity index (χ1n) is 10.4. The van der Waals surface area contributed by atoms with Gasteiger partial charge < -0.3 is 15.3 Å². The summed E-state index contributed by atoms with van der Waals surface area (Å²) in [4.78, 5) is 16.8. The molecular formula is C22H33NO4. The van der Waals surface area contributed by atoms with Gasteiger partial charge in [0.15, 0.2) is 5.78 Å². The summed E-state index contributed by atoms with van der Waals surface area (Å²) in [6.07, 6.45) is 7.28. The quantitative estimate of drug-likeness (QED) is 0.691. The number of carbonyl (C=O) groups is 1. The molecule has 3 N–H and O–H groups in total. The van der Waals surface area contributed by atoms with Crippen molar-refractivity contribution >= 4 is 11.5 Å². The van der Waals surface area contributed by atoms with Crippen molar-refractivity contribution in [3.8, 4) is 0 Å². The lowest BCUT2D eigenvalue weighted by Gasteiger charge is -2.60. The highest BCUT2D eigenvalue weighted by Gasteiger charge is 2.68. The van der Waals surface area contributed by atoms with Gasteiger partial charge in [-0.2, -0.15) is 0 Å². The summed E-state index contributed by atoms with van der Waals surface area (Å²) in [5.41, 5.74) is 0.372. The second-order valence-electron chi connectivity index (χ2n) is 9.81. The summed E-state index contributed by atoms with van der Waals surface area (Å²) in [6.45, 7) is 3.63. The van der Waals surface area contributed by atoms with Gasteiger partial charge in [-0.3, -0.25) is 9.79 Å². The molecule has 3 saturated carbocycles. The highest BCUT2D eigenvalue weighted by atomic mass is 16.3. The van der Waals surface area contributed by atoms with Crippen LogP contribution in [0.1, 0.15) is 58.8 Å². The SMILES string of the molecule is CN=C1C=C2CC[C@@H]3[C@H]([C@H](O)C[C@@]4(C)[C@H]3CC[C@]4(O)C(=O)CO)[C@@]2(C)CC1. The molecule has 0 radical (unpaired) electrons. The van der Waals surface area contributed by atoms with Crippen LogP contribution in [0.15, 0.2) is 16.6 Å². The maximum atomic E-state index is 12.4. The van der Waals surface area contributed by atoms with Gasteiger partial charge in [-0.15, -0.1) is 0 Å². The van der Waals surface area contributed by atoms with Crippen LogP contribution in [-0.4, -0.2) is 52.2 Å². The first kappa shape index (κ1) is 19.3. The van der Waals surface area contributed by atoms with Gasteiger partial charge in [-0.05, 0) is 74.2 Å². The zero-order valence-corrected chi connectivity index (χ0v) is 16.7. The smallest absolute Gasteiger partial charge is 0.190 e. The molecule has 0 unspecified atom stereocenters. The zero-order valence-electron chi connectivity index (χ0n) is 16.7. The van der Waals surface area contributed by atoms with Gasteiger partial charge in [0.05, 0.1) is 6.10 Å². The number of fused-ring (bicyclic) bond motifs is 5. The van der Waals surface area contributed by atoms with Crippen LogP contribution in [0.3, 0.4) is 0 Å². The molecule has 27 heavy (non-hydrogen) atoms. The fraction of sp³-hybridized carbons (Fsp3) is 0.818. The van der Waals surface area contributed by atoms with Crippen molar-refractivity contribution in [2.24, 2.45) is 33.6 Å². The molecule has 3 fully saturated rings. The first-order valence-corrected chi connectivity index (χ1v) is 10.4. The number of carbonyl (C=O) groups excluding carboxylic acids is 1. The molecule has 5 heteroatoms. The van der Waals surface area contributed by atoms with Gasteiger partial charge in [0.1, 0.15) is 12.2 Å². The number of rotatable bonds is 2. The van der Waals surface area contributed by atoms with Crippen molar-refractivity contribution < 1.29 is 20.1 Å². The number of Topliss-reactive ketones (excluding diaryl/α,β-unsaturated/α-hetero) is 1. The Balaban J connectivity index is 1.72. The number of hydrogen-bond donors (Lipinski definition) is 3. The Hall–Kier alpha value is -1.04. The third kappa shape index (κ3) is 2.41. The summed E-state index contributed by atoms with van der Waals surface area (Å²) in [5.74, 6) is 0.204. The molecule has 0 aromatic carbocycles. The lowest BCUT2D eigenvalue weighted by molar-refractivity contribution is -0.181. The summed E-state index contributed by atoms with van der Waals surface area (Å²) in [6, 6.07) is 0. The Morgan fingerprint density at radius 1 is 1.26 bits per heavy atom. The summed E-state index contributed by atoms with van der Waals surface area (Å²) in [5, 5.41) is 31.9. The third-order valence-corrected chi connectivity index (χ3v) is 8.96. The summed E-state index contributed by atoms with van der Waals surface area (Å²) < 4.78 is 0. The van der Waals surface area contributed by atoms with E-state index < -0.39 is 29.5 Å². The van der Waals surface area contributed by atoms with Crippen LogP contribution in [0, 0.1) is 28.6 Å². The second kappa shape index (κ2) is 6.23. The van der Waals surface area contributed by atoms with Crippen LogP contribution in [0.2, 0.25) is 0 Å². The minimum absolute atomic E-state index is 0.0282. The molecule has 5 nitrogen and oxygen atoms in total. The number of ketones is 1. The van der Waals surface area contributed by atoms with Gasteiger partial charge in [-0.1, -0.05) is 19.4 Å². The van der Waals surface area contributed by atoms with Crippen molar-refractivity contribution in [1.29, 1.82) is 0 Å². The highest BCUT2D eigenvalue weighted by Crippen LogP contribution is 2.67. The molecule has 0 heterocycles. The van der Waals surface area contributed by atoms with Crippen LogP contribution in [-0.2, 0) is 4.79 Å². The number of hydrogen-bond acceptors (Lipinski definition) is 5. The number of nitrogens with zero attached hydrogens (tertiary/aromatic N) is 1. The average molecular weight is 376 g/mol. The summed E-state index contributed by atoms with van der Waals surface area (Å²) in [7, 11) is 1.85. The van der Waals surface area contributed by atoms with Crippen LogP contribution in [0.25, 0.3) is 0 Å². The maximum Gasteiger partial charge on any atom is 0.190 e. The zero-order chi connectivity index (χ0) is 19.6. The molecule has 0 aliphatic heterocycles. The Kier molecular flexibility index (Phi) is 4.45. The van der Waals surface area contributed by atoms with E-state index in [9.17, 15) is 20.1 Å². The predicted molar refractivity (Wildman–Crippen MR) is 103 cm³/mol. The van der Waals surface area contributed by atoms with E-state index in [0.29, 0.717) is 18.8 Å². The van der Waals surface area contributed by atoms with E-state index in [0.717, 1.165) is 37.8 Å². The minimum atomic E-state index is -1.51. The number of aliphatic imine (C=N–C) groups is 1. The molecule has 0 bridgehead atoms.